The summed E-state index contributed by atoms with van der Waals surface area (Å²) in [5.41, 5.74) is 4.57. The molecular formula is C31H42O. The quantitative estimate of drug-likeness (QED) is 0.380. The Bertz CT molecular complexity index is 816. The van der Waals surface area contributed by atoms with Gasteiger partial charge in [0.05, 0.1) is 7.11 Å². The van der Waals surface area contributed by atoms with Gasteiger partial charge in [-0.2, -0.15) is 0 Å². The second-order valence-electron chi connectivity index (χ2n) is 10.2. The van der Waals surface area contributed by atoms with Crippen LogP contribution in [0.3, 0.4) is 0 Å². The molecule has 2 aromatic carbocycles. The number of allylic oxidation sites excluding steroid dienone is 2. The number of methoxy groups -OCH3 is 1. The Balaban J connectivity index is 1.19. The predicted octanol–water partition coefficient (Wildman–Crippen LogP) is 8.84. The maximum Gasteiger partial charge on any atom is 0.118 e. The fraction of sp³-hybridized carbons (Fsp3) is 0.548. The molecule has 2 aromatic rings. The molecule has 1 heteroatoms. The van der Waals surface area contributed by atoms with Gasteiger partial charge in [-0.05, 0) is 117 Å². The monoisotopic (exact) mass is 430 g/mol. The van der Waals surface area contributed by atoms with Crippen molar-refractivity contribution in [1.82, 2.24) is 0 Å². The molecule has 0 saturated heterocycles. The van der Waals surface area contributed by atoms with Crippen LogP contribution in [0.5, 0.6) is 5.75 Å². The number of benzene rings is 2. The van der Waals surface area contributed by atoms with Gasteiger partial charge in [0, 0.05) is 0 Å². The molecule has 2 aliphatic carbocycles. The van der Waals surface area contributed by atoms with Gasteiger partial charge in [-0.1, -0.05) is 61.9 Å². The molecule has 0 spiro atoms. The molecule has 2 fully saturated rings. The molecule has 0 aliphatic heterocycles. The molecule has 0 N–H and O–H groups in total. The molecule has 32 heavy (non-hydrogen) atoms. The maximum absolute atomic E-state index is 5.30. The van der Waals surface area contributed by atoms with E-state index in [1.165, 1.54) is 81.8 Å². The van der Waals surface area contributed by atoms with Crippen molar-refractivity contribution < 1.29 is 4.74 Å². The number of hydrogen-bond donors (Lipinski definition) is 0. The normalized spacial score (nSPS) is 26.3. The van der Waals surface area contributed by atoms with Crippen LogP contribution in [0.1, 0.15) is 99.7 Å². The molecule has 0 atom stereocenters. The topological polar surface area (TPSA) is 9.23 Å². The second kappa shape index (κ2) is 11.7. The zero-order chi connectivity index (χ0) is 22.2. The summed E-state index contributed by atoms with van der Waals surface area (Å²) in [4.78, 5) is 0. The summed E-state index contributed by atoms with van der Waals surface area (Å²) >= 11 is 0. The average molecular weight is 431 g/mol. The molecule has 4 rings (SSSR count). The van der Waals surface area contributed by atoms with Crippen molar-refractivity contribution in [2.24, 2.45) is 11.8 Å². The van der Waals surface area contributed by atoms with Crippen LogP contribution in [0.4, 0.5) is 0 Å². The average Bonchev–Trinajstić information content (AvgIpc) is 2.87. The minimum absolute atomic E-state index is 0.731. The van der Waals surface area contributed by atoms with Crippen LogP contribution in [-0.4, -0.2) is 7.11 Å². The van der Waals surface area contributed by atoms with Crippen LogP contribution in [0, 0.1) is 11.8 Å². The molecule has 0 aromatic heterocycles. The Hall–Kier alpha value is -2.02. The summed E-state index contributed by atoms with van der Waals surface area (Å²) in [5, 5.41) is 0. The van der Waals surface area contributed by atoms with Crippen molar-refractivity contribution in [3.63, 3.8) is 0 Å². The van der Waals surface area contributed by atoms with E-state index in [9.17, 15) is 0 Å². The Kier molecular flexibility index (Phi) is 8.49. The predicted molar refractivity (Wildman–Crippen MR) is 137 cm³/mol. The molecule has 2 saturated carbocycles. The van der Waals surface area contributed by atoms with E-state index in [-0.39, 0.29) is 0 Å². The first-order valence-corrected chi connectivity index (χ1v) is 13.2. The summed E-state index contributed by atoms with van der Waals surface area (Å²) in [7, 11) is 1.74. The third-order valence-corrected chi connectivity index (χ3v) is 8.06. The largest absolute Gasteiger partial charge is 0.497 e. The SMILES string of the molecule is CCCCc1ccc(C2CCC(C=CC3CCC(c4ccc(OC)cc4)CC3)CC2)cc1. The highest BCUT2D eigenvalue weighted by Gasteiger charge is 2.23. The summed E-state index contributed by atoms with van der Waals surface area (Å²) in [5.74, 6) is 4.06. The van der Waals surface area contributed by atoms with Gasteiger partial charge < -0.3 is 4.74 Å². The van der Waals surface area contributed by atoms with Crippen LogP contribution in [0.25, 0.3) is 0 Å². The minimum Gasteiger partial charge on any atom is -0.497 e. The van der Waals surface area contributed by atoms with E-state index < -0.39 is 0 Å². The van der Waals surface area contributed by atoms with Crippen LogP contribution >= 0.6 is 0 Å². The van der Waals surface area contributed by atoms with Crippen molar-refractivity contribution in [2.75, 3.05) is 7.11 Å². The lowest BCUT2D eigenvalue weighted by atomic mass is 9.76. The molecule has 0 heterocycles. The molecule has 0 unspecified atom stereocenters. The smallest absolute Gasteiger partial charge is 0.118 e. The van der Waals surface area contributed by atoms with E-state index in [1.54, 1.807) is 12.7 Å². The van der Waals surface area contributed by atoms with Gasteiger partial charge in [-0.3, -0.25) is 0 Å². The lowest BCUT2D eigenvalue weighted by Gasteiger charge is -2.29. The lowest BCUT2D eigenvalue weighted by Crippen LogP contribution is -2.14. The minimum atomic E-state index is 0.731. The highest BCUT2D eigenvalue weighted by atomic mass is 16.5. The fourth-order valence-electron chi connectivity index (χ4n) is 5.82. The molecule has 172 valence electrons. The van der Waals surface area contributed by atoms with Crippen molar-refractivity contribution >= 4 is 0 Å². The number of rotatable bonds is 8. The Morgan fingerprint density at radius 1 is 0.688 bits per heavy atom. The van der Waals surface area contributed by atoms with Gasteiger partial charge in [0.1, 0.15) is 5.75 Å². The summed E-state index contributed by atoms with van der Waals surface area (Å²) in [6, 6.07) is 18.3. The Labute approximate surface area is 196 Å². The van der Waals surface area contributed by atoms with Gasteiger partial charge in [0.15, 0.2) is 0 Å². The molecule has 0 bridgehead atoms. The zero-order valence-corrected chi connectivity index (χ0v) is 20.3. The second-order valence-corrected chi connectivity index (χ2v) is 10.2. The lowest BCUT2D eigenvalue weighted by molar-refractivity contribution is 0.360. The van der Waals surface area contributed by atoms with E-state index in [4.69, 9.17) is 4.74 Å². The third kappa shape index (κ3) is 6.27. The summed E-state index contributed by atoms with van der Waals surface area (Å²) in [6.45, 7) is 2.27. The van der Waals surface area contributed by atoms with E-state index in [2.05, 4.69) is 67.6 Å². The van der Waals surface area contributed by atoms with E-state index in [0.29, 0.717) is 0 Å². The molecular weight excluding hydrogens is 388 g/mol. The fourth-order valence-corrected chi connectivity index (χ4v) is 5.82. The summed E-state index contributed by atoms with van der Waals surface area (Å²) < 4.78 is 5.30. The highest BCUT2D eigenvalue weighted by molar-refractivity contribution is 5.30. The molecule has 1 nitrogen and oxygen atoms in total. The van der Waals surface area contributed by atoms with Gasteiger partial charge in [0.2, 0.25) is 0 Å². The van der Waals surface area contributed by atoms with Crippen LogP contribution in [0.15, 0.2) is 60.7 Å². The molecule has 0 amide bonds. The van der Waals surface area contributed by atoms with Crippen molar-refractivity contribution in [3.8, 4) is 5.75 Å². The maximum atomic E-state index is 5.30. The van der Waals surface area contributed by atoms with Gasteiger partial charge in [0.25, 0.3) is 0 Å². The third-order valence-electron chi connectivity index (χ3n) is 8.06. The molecule has 0 radical (unpaired) electrons. The first kappa shape index (κ1) is 23.1. The van der Waals surface area contributed by atoms with E-state index in [1.807, 2.05) is 0 Å². The van der Waals surface area contributed by atoms with Crippen molar-refractivity contribution in [3.05, 3.63) is 77.4 Å². The summed E-state index contributed by atoms with van der Waals surface area (Å²) in [6.07, 6.45) is 19.7. The van der Waals surface area contributed by atoms with Gasteiger partial charge in [-0.25, -0.2) is 0 Å². The number of hydrogen-bond acceptors (Lipinski definition) is 1. The van der Waals surface area contributed by atoms with Crippen molar-refractivity contribution in [2.45, 2.75) is 89.4 Å². The van der Waals surface area contributed by atoms with Crippen molar-refractivity contribution in [1.29, 1.82) is 0 Å². The first-order valence-electron chi connectivity index (χ1n) is 13.2. The van der Waals surface area contributed by atoms with E-state index >= 15 is 0 Å². The Morgan fingerprint density at radius 3 is 1.59 bits per heavy atom. The standard InChI is InChI=1S/C31H42O/c1-3-4-5-24-8-14-27(15-9-24)28-16-10-25(11-17-28)6-7-26-12-18-29(19-13-26)30-20-22-31(32-2)23-21-30/h6-9,14-15,20-23,25-26,28-29H,3-5,10-13,16-19H2,1-2H3. The molecule has 2 aliphatic rings. The number of aryl methyl sites for hydroxylation is 1. The van der Waals surface area contributed by atoms with Crippen LogP contribution in [-0.2, 0) is 6.42 Å². The van der Waals surface area contributed by atoms with E-state index in [0.717, 1.165) is 29.4 Å². The first-order chi connectivity index (χ1) is 15.7. The highest BCUT2D eigenvalue weighted by Crippen LogP contribution is 2.39. The van der Waals surface area contributed by atoms with Gasteiger partial charge >= 0.3 is 0 Å². The number of ether oxygens (including phenoxy) is 1. The van der Waals surface area contributed by atoms with Crippen LogP contribution < -0.4 is 4.74 Å². The number of unbranched alkanes of at least 4 members (excludes halogenated alkanes) is 1. The Morgan fingerprint density at radius 2 is 1.16 bits per heavy atom. The zero-order valence-electron chi connectivity index (χ0n) is 20.3. The van der Waals surface area contributed by atoms with Gasteiger partial charge in [-0.15, -0.1) is 0 Å². The van der Waals surface area contributed by atoms with Crippen LogP contribution in [0.2, 0.25) is 0 Å².